The van der Waals surface area contributed by atoms with Crippen LogP contribution in [0.3, 0.4) is 0 Å². The van der Waals surface area contributed by atoms with Gasteiger partial charge in [-0.1, -0.05) is 24.3 Å². The predicted octanol–water partition coefficient (Wildman–Crippen LogP) is 3.64. The molecule has 3 rings (SSSR count). The minimum absolute atomic E-state index is 0.0220. The smallest absolute Gasteiger partial charge is 0.258 e. The number of allylic oxidation sites excluding steroid dienone is 1. The number of rotatable bonds is 5. The highest BCUT2D eigenvalue weighted by atomic mass is 16.5. The zero-order chi connectivity index (χ0) is 17.1. The van der Waals surface area contributed by atoms with E-state index in [9.17, 15) is 4.79 Å². The summed E-state index contributed by atoms with van der Waals surface area (Å²) in [5.74, 6) is 1.19. The minimum Gasteiger partial charge on any atom is -0.493 e. The summed E-state index contributed by atoms with van der Waals surface area (Å²) in [7, 11) is 3.18. The number of amides is 1. The molecule has 24 heavy (non-hydrogen) atoms. The van der Waals surface area contributed by atoms with Gasteiger partial charge in [-0.15, -0.1) is 6.58 Å². The SMILES string of the molecule is C=CCc1cc(C(=O)N2CCc3ccccc32)cc(OC)c1OC. The maximum atomic E-state index is 13.0. The molecule has 0 aliphatic carbocycles. The summed E-state index contributed by atoms with van der Waals surface area (Å²) >= 11 is 0. The lowest BCUT2D eigenvalue weighted by atomic mass is 10.0. The third-order valence-electron chi connectivity index (χ3n) is 4.30. The van der Waals surface area contributed by atoms with Gasteiger partial charge >= 0.3 is 0 Å². The van der Waals surface area contributed by atoms with Crippen LogP contribution in [-0.4, -0.2) is 26.7 Å². The van der Waals surface area contributed by atoms with E-state index >= 15 is 0 Å². The molecule has 0 aromatic heterocycles. The van der Waals surface area contributed by atoms with Crippen molar-refractivity contribution in [2.75, 3.05) is 25.7 Å². The first-order valence-electron chi connectivity index (χ1n) is 7.95. The highest BCUT2D eigenvalue weighted by Crippen LogP contribution is 2.35. The monoisotopic (exact) mass is 323 g/mol. The number of nitrogens with zero attached hydrogens (tertiary/aromatic N) is 1. The summed E-state index contributed by atoms with van der Waals surface area (Å²) < 4.78 is 10.9. The summed E-state index contributed by atoms with van der Waals surface area (Å²) in [6.45, 7) is 4.47. The van der Waals surface area contributed by atoms with Crippen molar-refractivity contribution in [1.82, 2.24) is 0 Å². The molecule has 0 radical (unpaired) electrons. The van der Waals surface area contributed by atoms with Crippen LogP contribution in [0.25, 0.3) is 0 Å². The second kappa shape index (κ2) is 6.79. The van der Waals surface area contributed by atoms with Crippen LogP contribution in [0.4, 0.5) is 5.69 Å². The Morgan fingerprint density at radius 1 is 1.25 bits per heavy atom. The van der Waals surface area contributed by atoms with Gasteiger partial charge in [0.05, 0.1) is 14.2 Å². The zero-order valence-corrected chi connectivity index (χ0v) is 14.0. The molecule has 0 N–H and O–H groups in total. The molecule has 2 aromatic carbocycles. The van der Waals surface area contributed by atoms with Gasteiger partial charge in [0.15, 0.2) is 11.5 Å². The molecule has 2 aromatic rings. The maximum absolute atomic E-state index is 13.0. The summed E-state index contributed by atoms with van der Waals surface area (Å²) in [5, 5.41) is 0. The van der Waals surface area contributed by atoms with E-state index in [1.165, 1.54) is 5.56 Å². The topological polar surface area (TPSA) is 38.8 Å². The number of methoxy groups -OCH3 is 2. The van der Waals surface area contributed by atoms with Crippen molar-refractivity contribution in [3.05, 3.63) is 65.7 Å². The van der Waals surface area contributed by atoms with Crippen LogP contribution < -0.4 is 14.4 Å². The number of hydrogen-bond acceptors (Lipinski definition) is 3. The average molecular weight is 323 g/mol. The number of benzene rings is 2. The summed E-state index contributed by atoms with van der Waals surface area (Å²) in [4.78, 5) is 14.9. The van der Waals surface area contributed by atoms with Crippen molar-refractivity contribution >= 4 is 11.6 Å². The number of fused-ring (bicyclic) bond motifs is 1. The maximum Gasteiger partial charge on any atom is 0.258 e. The molecule has 1 amide bonds. The van der Waals surface area contributed by atoms with E-state index in [0.717, 1.165) is 17.7 Å². The molecule has 4 nitrogen and oxygen atoms in total. The van der Waals surface area contributed by atoms with Gasteiger partial charge in [0.25, 0.3) is 5.91 Å². The Bertz CT molecular complexity index is 782. The predicted molar refractivity (Wildman–Crippen MR) is 95.3 cm³/mol. The summed E-state index contributed by atoms with van der Waals surface area (Å²) in [5.41, 5.74) is 3.68. The number of ether oxygens (including phenoxy) is 2. The molecule has 0 fully saturated rings. The van der Waals surface area contributed by atoms with Gasteiger partial charge in [0.1, 0.15) is 0 Å². The number of anilines is 1. The Morgan fingerprint density at radius 2 is 2.04 bits per heavy atom. The lowest BCUT2D eigenvalue weighted by Gasteiger charge is -2.19. The number of para-hydroxylation sites is 1. The van der Waals surface area contributed by atoms with Gasteiger partial charge in [-0.05, 0) is 36.6 Å². The number of carbonyl (C=O) groups is 1. The lowest BCUT2D eigenvalue weighted by molar-refractivity contribution is 0.0989. The zero-order valence-electron chi connectivity index (χ0n) is 14.0. The largest absolute Gasteiger partial charge is 0.493 e. The summed E-state index contributed by atoms with van der Waals surface area (Å²) in [6.07, 6.45) is 3.28. The fourth-order valence-electron chi connectivity index (χ4n) is 3.18. The first-order chi connectivity index (χ1) is 11.7. The highest BCUT2D eigenvalue weighted by Gasteiger charge is 2.26. The van der Waals surface area contributed by atoms with Gasteiger partial charge < -0.3 is 14.4 Å². The van der Waals surface area contributed by atoms with Gasteiger partial charge in [-0.2, -0.15) is 0 Å². The Hall–Kier alpha value is -2.75. The van der Waals surface area contributed by atoms with Crippen LogP contribution in [0.15, 0.2) is 49.1 Å². The molecule has 0 saturated heterocycles. The van der Waals surface area contributed by atoms with Crippen molar-refractivity contribution < 1.29 is 14.3 Å². The van der Waals surface area contributed by atoms with E-state index in [4.69, 9.17) is 9.47 Å². The third-order valence-corrected chi connectivity index (χ3v) is 4.30. The molecule has 1 aliphatic heterocycles. The normalized spacial score (nSPS) is 12.7. The van der Waals surface area contributed by atoms with Gasteiger partial charge in [-0.3, -0.25) is 4.79 Å². The van der Waals surface area contributed by atoms with Crippen LogP contribution >= 0.6 is 0 Å². The Kier molecular flexibility index (Phi) is 4.56. The third kappa shape index (κ3) is 2.75. The van der Waals surface area contributed by atoms with Crippen LogP contribution in [0.5, 0.6) is 11.5 Å². The highest BCUT2D eigenvalue weighted by molar-refractivity contribution is 6.07. The molecule has 1 heterocycles. The fourth-order valence-corrected chi connectivity index (χ4v) is 3.18. The van der Waals surface area contributed by atoms with Crippen molar-refractivity contribution in [2.45, 2.75) is 12.8 Å². The van der Waals surface area contributed by atoms with Crippen molar-refractivity contribution in [3.63, 3.8) is 0 Å². The molecule has 0 atom stereocenters. The Morgan fingerprint density at radius 3 is 2.75 bits per heavy atom. The number of carbonyl (C=O) groups excluding carboxylic acids is 1. The van der Waals surface area contributed by atoms with Crippen LogP contribution in [0, 0.1) is 0 Å². The summed E-state index contributed by atoms with van der Waals surface area (Å²) in [6, 6.07) is 11.6. The van der Waals surface area contributed by atoms with E-state index < -0.39 is 0 Å². The number of hydrogen-bond donors (Lipinski definition) is 0. The van der Waals surface area contributed by atoms with Gasteiger partial charge in [-0.25, -0.2) is 0 Å². The Balaban J connectivity index is 2.01. The molecule has 0 spiro atoms. The average Bonchev–Trinajstić information content (AvgIpc) is 3.04. The lowest BCUT2D eigenvalue weighted by Crippen LogP contribution is -2.29. The van der Waals surface area contributed by atoms with E-state index in [1.54, 1.807) is 26.4 Å². The molecular weight excluding hydrogens is 302 g/mol. The van der Waals surface area contributed by atoms with Gasteiger partial charge in [0, 0.05) is 23.4 Å². The Labute approximate surface area is 142 Å². The molecule has 4 heteroatoms. The first-order valence-corrected chi connectivity index (χ1v) is 7.95. The van der Waals surface area contributed by atoms with E-state index in [1.807, 2.05) is 29.2 Å². The second-order valence-corrected chi connectivity index (χ2v) is 5.70. The molecular formula is C20H21NO3. The van der Waals surface area contributed by atoms with Gasteiger partial charge in [0.2, 0.25) is 0 Å². The van der Waals surface area contributed by atoms with Crippen molar-refractivity contribution in [1.29, 1.82) is 0 Å². The van der Waals surface area contributed by atoms with E-state index in [0.29, 0.717) is 30.0 Å². The second-order valence-electron chi connectivity index (χ2n) is 5.70. The van der Waals surface area contributed by atoms with Crippen molar-refractivity contribution in [3.8, 4) is 11.5 Å². The molecule has 0 unspecified atom stereocenters. The standard InChI is InChI=1S/C20H21NO3/c1-4-7-15-12-16(13-18(23-2)19(15)24-3)20(22)21-11-10-14-8-5-6-9-17(14)21/h4-6,8-9,12-13H,1,7,10-11H2,2-3H3. The van der Waals surface area contributed by atoms with Crippen LogP contribution in [0.1, 0.15) is 21.5 Å². The molecule has 124 valence electrons. The minimum atomic E-state index is -0.0220. The molecule has 0 bridgehead atoms. The van der Waals surface area contributed by atoms with Crippen molar-refractivity contribution in [2.24, 2.45) is 0 Å². The fraction of sp³-hybridized carbons (Fsp3) is 0.250. The van der Waals surface area contributed by atoms with E-state index in [-0.39, 0.29) is 5.91 Å². The van der Waals surface area contributed by atoms with E-state index in [2.05, 4.69) is 12.6 Å². The molecule has 1 aliphatic rings. The van der Waals surface area contributed by atoms with Crippen LogP contribution in [0.2, 0.25) is 0 Å². The first kappa shape index (κ1) is 16.1. The van der Waals surface area contributed by atoms with Crippen LogP contribution in [-0.2, 0) is 12.8 Å². The molecule has 0 saturated carbocycles. The quantitative estimate of drug-likeness (QED) is 0.789.